The fourth-order valence-electron chi connectivity index (χ4n) is 11.2. The third-order valence-electron chi connectivity index (χ3n) is 14.3. The van der Waals surface area contributed by atoms with Crippen LogP contribution in [0.25, 0.3) is 76.8 Å². The van der Waals surface area contributed by atoms with E-state index in [-0.39, 0.29) is 10.8 Å². The number of benzene rings is 10. The van der Waals surface area contributed by atoms with Gasteiger partial charge in [-0.15, -0.1) is 0 Å². The maximum atomic E-state index is 9.73. The van der Waals surface area contributed by atoms with E-state index in [1.807, 2.05) is 12.1 Å². The Bertz CT molecular complexity index is 3520. The van der Waals surface area contributed by atoms with Crippen LogP contribution in [0.4, 0.5) is 17.1 Å². The van der Waals surface area contributed by atoms with Crippen molar-refractivity contribution >= 4 is 49.4 Å². The van der Waals surface area contributed by atoms with Gasteiger partial charge in [0.2, 0.25) is 0 Å². The molecule has 0 spiro atoms. The van der Waals surface area contributed by atoms with Crippen molar-refractivity contribution in [2.45, 2.75) is 38.5 Å². The van der Waals surface area contributed by atoms with Crippen LogP contribution in [0.2, 0.25) is 0 Å². The number of anilines is 3. The average Bonchev–Trinajstić information content (AvgIpc) is 3.69. The van der Waals surface area contributed by atoms with Crippen LogP contribution < -0.4 is 4.90 Å². The summed E-state index contributed by atoms with van der Waals surface area (Å²) in [5.41, 5.74) is 19.0. The number of nitriles is 1. The molecule has 10 aromatic rings. The number of hydrogen-bond acceptors (Lipinski definition) is 2. The lowest BCUT2D eigenvalue weighted by atomic mass is 9.80. The van der Waals surface area contributed by atoms with Crippen LogP contribution in [-0.2, 0) is 10.8 Å². The third-order valence-corrected chi connectivity index (χ3v) is 14.3. The van der Waals surface area contributed by atoms with Gasteiger partial charge in [-0.25, -0.2) is 0 Å². The number of fused-ring (bicyclic) bond motifs is 9. The van der Waals surface area contributed by atoms with Gasteiger partial charge < -0.3 is 4.90 Å². The van der Waals surface area contributed by atoms with E-state index in [0.717, 1.165) is 17.1 Å². The lowest BCUT2D eigenvalue weighted by Crippen LogP contribution is -2.18. The first-order chi connectivity index (χ1) is 30.7. The zero-order valence-electron chi connectivity index (χ0n) is 35.9. The molecule has 2 aliphatic rings. The molecule has 2 aliphatic carbocycles. The van der Waals surface area contributed by atoms with Gasteiger partial charge in [-0.2, -0.15) is 5.26 Å². The topological polar surface area (TPSA) is 27.0 Å². The molecular weight excluding hydrogens is 761 g/mol. The summed E-state index contributed by atoms with van der Waals surface area (Å²) in [5, 5.41) is 17.3. The van der Waals surface area contributed by atoms with Crippen molar-refractivity contribution in [1.29, 1.82) is 5.26 Å². The largest absolute Gasteiger partial charge is 0.310 e. The first-order valence-electron chi connectivity index (χ1n) is 22.0. The van der Waals surface area contributed by atoms with E-state index in [4.69, 9.17) is 0 Å². The molecule has 2 nitrogen and oxygen atoms in total. The van der Waals surface area contributed by atoms with E-state index in [9.17, 15) is 5.26 Å². The summed E-state index contributed by atoms with van der Waals surface area (Å²) in [6, 6.07) is 73.6. The van der Waals surface area contributed by atoms with Crippen molar-refractivity contribution in [1.82, 2.24) is 0 Å². The summed E-state index contributed by atoms with van der Waals surface area (Å²) in [5.74, 6) is 0. The fraction of sp³-hybridized carbons (Fsp3) is 0.0984. The molecule has 0 radical (unpaired) electrons. The maximum Gasteiger partial charge on any atom is 0.0991 e. The third kappa shape index (κ3) is 5.43. The summed E-state index contributed by atoms with van der Waals surface area (Å²) in [6.45, 7) is 9.43. The Morgan fingerprint density at radius 2 is 0.810 bits per heavy atom. The minimum atomic E-state index is -0.275. The molecule has 0 saturated heterocycles. The van der Waals surface area contributed by atoms with Crippen molar-refractivity contribution < 1.29 is 0 Å². The summed E-state index contributed by atoms with van der Waals surface area (Å²) in [6.07, 6.45) is 0. The molecule has 63 heavy (non-hydrogen) atoms. The molecule has 2 heteroatoms. The van der Waals surface area contributed by atoms with Crippen molar-refractivity contribution in [2.24, 2.45) is 0 Å². The van der Waals surface area contributed by atoms with Crippen LogP contribution in [0.1, 0.15) is 55.5 Å². The van der Waals surface area contributed by atoms with Gasteiger partial charge in [0.1, 0.15) is 0 Å². The van der Waals surface area contributed by atoms with Crippen molar-refractivity contribution in [3.63, 3.8) is 0 Å². The fourth-order valence-corrected chi connectivity index (χ4v) is 11.2. The van der Waals surface area contributed by atoms with Crippen LogP contribution in [-0.4, -0.2) is 0 Å². The highest BCUT2D eigenvalue weighted by Gasteiger charge is 2.38. The minimum Gasteiger partial charge on any atom is -0.310 e. The monoisotopic (exact) mass is 804 g/mol. The van der Waals surface area contributed by atoms with Crippen LogP contribution in [0.15, 0.2) is 194 Å². The molecule has 0 amide bonds. The van der Waals surface area contributed by atoms with Crippen LogP contribution in [0, 0.1) is 11.3 Å². The van der Waals surface area contributed by atoms with Crippen LogP contribution >= 0.6 is 0 Å². The summed E-state index contributed by atoms with van der Waals surface area (Å²) in [4.78, 5) is 2.36. The highest BCUT2D eigenvalue weighted by Crippen LogP contribution is 2.54. The smallest absolute Gasteiger partial charge is 0.0991 e. The second-order valence-electron chi connectivity index (χ2n) is 18.4. The SMILES string of the molecule is CC1(C)c2ccccc2-c2ccc(N(c3ccc(C#N)cc3)c3ccc4c(c3)C(C)(C)c3cc(-c5c6ccccc6c(-c6cccc7ccccc67)c6ccccc56)ccc3-4)cc21. The Kier molecular flexibility index (Phi) is 8.02. The summed E-state index contributed by atoms with van der Waals surface area (Å²) in [7, 11) is 0. The molecule has 298 valence electrons. The quantitative estimate of drug-likeness (QED) is 0.162. The number of rotatable bonds is 5. The highest BCUT2D eigenvalue weighted by molar-refractivity contribution is 6.23. The van der Waals surface area contributed by atoms with Gasteiger partial charge >= 0.3 is 0 Å². The van der Waals surface area contributed by atoms with Gasteiger partial charge in [0.05, 0.1) is 11.6 Å². The molecule has 12 rings (SSSR count). The zero-order chi connectivity index (χ0) is 42.6. The first-order valence-corrected chi connectivity index (χ1v) is 22.0. The molecule has 0 unspecified atom stereocenters. The first kappa shape index (κ1) is 37.1. The Morgan fingerprint density at radius 1 is 0.365 bits per heavy atom. The predicted molar refractivity (Wildman–Crippen MR) is 264 cm³/mol. The maximum absolute atomic E-state index is 9.73. The van der Waals surface area contributed by atoms with Crippen molar-refractivity contribution in [2.75, 3.05) is 4.90 Å². The lowest BCUT2D eigenvalue weighted by molar-refractivity contribution is 0.660. The molecule has 0 bridgehead atoms. The normalized spacial score (nSPS) is 14.0. The second kappa shape index (κ2) is 13.6. The van der Waals surface area contributed by atoms with E-state index >= 15 is 0 Å². The Hall–Kier alpha value is -7.73. The predicted octanol–water partition coefficient (Wildman–Crippen LogP) is 16.4. The van der Waals surface area contributed by atoms with Gasteiger partial charge in [0.15, 0.2) is 0 Å². The van der Waals surface area contributed by atoms with Gasteiger partial charge in [-0.1, -0.05) is 167 Å². The Morgan fingerprint density at radius 3 is 1.43 bits per heavy atom. The van der Waals surface area contributed by atoms with Crippen molar-refractivity contribution in [3.05, 3.63) is 222 Å². The molecule has 0 saturated carbocycles. The molecule has 0 N–H and O–H groups in total. The Balaban J connectivity index is 1.00. The van der Waals surface area contributed by atoms with Gasteiger partial charge in [-0.3, -0.25) is 0 Å². The highest BCUT2D eigenvalue weighted by atomic mass is 15.1. The molecule has 10 aromatic carbocycles. The zero-order valence-corrected chi connectivity index (χ0v) is 35.9. The molecule has 0 heterocycles. The lowest BCUT2D eigenvalue weighted by Gasteiger charge is -2.29. The van der Waals surface area contributed by atoms with Gasteiger partial charge in [0.25, 0.3) is 0 Å². The Labute approximate surface area is 369 Å². The van der Waals surface area contributed by atoms with Gasteiger partial charge in [-0.05, 0) is 154 Å². The van der Waals surface area contributed by atoms with E-state index in [1.165, 1.54) is 99.1 Å². The minimum absolute atomic E-state index is 0.134. The van der Waals surface area contributed by atoms with Gasteiger partial charge in [0, 0.05) is 27.9 Å². The molecular formula is C61H44N2. The second-order valence-corrected chi connectivity index (χ2v) is 18.4. The van der Waals surface area contributed by atoms with E-state index in [1.54, 1.807) is 0 Å². The van der Waals surface area contributed by atoms with E-state index in [2.05, 4.69) is 221 Å². The van der Waals surface area contributed by atoms with E-state index in [0.29, 0.717) is 5.56 Å². The van der Waals surface area contributed by atoms with Crippen molar-refractivity contribution in [3.8, 4) is 50.6 Å². The standard InChI is InChI=1S/C61H44N2/c1-60(2)54-23-12-11-17-45(54)47-32-29-42(35-56(47)60)63(41-27-24-38(37-62)25-28-41)43-30-33-48-46-31-26-40(34-55(46)61(3,4)57(48)36-43)58-50-18-7-9-20-52(50)59(53-21-10-8-19-51(53)58)49-22-13-15-39-14-5-6-16-44(39)49/h5-36H,1-4H3. The molecule has 0 aromatic heterocycles. The number of hydrogen-bond donors (Lipinski definition) is 0. The number of nitrogens with zero attached hydrogens (tertiary/aromatic N) is 2. The molecule has 0 aliphatic heterocycles. The van der Waals surface area contributed by atoms with E-state index < -0.39 is 0 Å². The molecule has 0 atom stereocenters. The summed E-state index contributed by atoms with van der Waals surface area (Å²) < 4.78 is 0. The average molecular weight is 805 g/mol. The molecule has 0 fully saturated rings. The van der Waals surface area contributed by atoms with Crippen LogP contribution in [0.3, 0.4) is 0 Å². The summed E-state index contributed by atoms with van der Waals surface area (Å²) >= 11 is 0. The van der Waals surface area contributed by atoms with Crippen LogP contribution in [0.5, 0.6) is 0 Å².